The Labute approximate surface area is 137 Å². The molecule has 0 radical (unpaired) electrons. The van der Waals surface area contributed by atoms with E-state index in [1.807, 2.05) is 0 Å². The molecule has 0 saturated carbocycles. The van der Waals surface area contributed by atoms with Gasteiger partial charge >= 0.3 is 0 Å². The van der Waals surface area contributed by atoms with Crippen LogP contribution in [-0.4, -0.2) is 79.7 Å². The van der Waals surface area contributed by atoms with E-state index in [4.69, 9.17) is 9.47 Å². The Morgan fingerprint density at radius 3 is 2.70 bits per heavy atom. The summed E-state index contributed by atoms with van der Waals surface area (Å²) in [6.45, 7) is 7.30. The second kappa shape index (κ2) is 6.49. The van der Waals surface area contributed by atoms with Crippen molar-refractivity contribution in [2.75, 3.05) is 52.6 Å². The molecule has 0 aliphatic carbocycles. The quantitative estimate of drug-likeness (QED) is 0.860. The molecule has 0 aromatic heterocycles. The number of hydrogen-bond acceptors (Lipinski definition) is 5. The molecule has 0 spiro atoms. The van der Waals surface area contributed by atoms with Gasteiger partial charge in [0, 0.05) is 32.7 Å². The summed E-state index contributed by atoms with van der Waals surface area (Å²) in [7, 11) is 0. The Balaban J connectivity index is 1.40. The molecule has 3 saturated heterocycles. The third kappa shape index (κ3) is 3.16. The van der Waals surface area contributed by atoms with Gasteiger partial charge in [0.05, 0.1) is 44.0 Å². The van der Waals surface area contributed by atoms with Crippen LogP contribution in [0, 0.1) is 5.41 Å². The first kappa shape index (κ1) is 15.5. The van der Waals surface area contributed by atoms with Gasteiger partial charge in [0.15, 0.2) is 0 Å². The van der Waals surface area contributed by atoms with Gasteiger partial charge in [0.25, 0.3) is 0 Å². The molecule has 5 nitrogen and oxygen atoms in total. The number of aliphatic hydroxyl groups is 1. The minimum atomic E-state index is -0.0439. The molecule has 3 fully saturated rings. The van der Waals surface area contributed by atoms with Gasteiger partial charge in [-0.1, -0.05) is 30.3 Å². The van der Waals surface area contributed by atoms with E-state index in [2.05, 4.69) is 40.1 Å². The minimum Gasteiger partial charge on any atom is -0.396 e. The molecular formula is C18H26N2O3. The lowest BCUT2D eigenvalue weighted by atomic mass is 9.86. The summed E-state index contributed by atoms with van der Waals surface area (Å²) < 4.78 is 11.4. The molecule has 4 rings (SSSR count). The third-order valence-electron chi connectivity index (χ3n) is 5.43. The summed E-state index contributed by atoms with van der Waals surface area (Å²) in [5.41, 5.74) is 1.32. The summed E-state index contributed by atoms with van der Waals surface area (Å²) in [6.07, 6.45) is 0.296. The Morgan fingerprint density at radius 2 is 2.00 bits per heavy atom. The Kier molecular flexibility index (Phi) is 4.39. The van der Waals surface area contributed by atoms with Crippen molar-refractivity contribution in [2.45, 2.75) is 18.7 Å². The topological polar surface area (TPSA) is 45.2 Å². The predicted octanol–water partition coefficient (Wildman–Crippen LogP) is 0.580. The number of ether oxygens (including phenoxy) is 2. The monoisotopic (exact) mass is 318 g/mol. The van der Waals surface area contributed by atoms with E-state index in [0.29, 0.717) is 25.4 Å². The Bertz CT molecular complexity index is 515. The molecule has 1 N–H and O–H groups in total. The third-order valence-corrected chi connectivity index (χ3v) is 5.43. The number of fused-ring (bicyclic) bond motifs is 1. The van der Waals surface area contributed by atoms with Crippen LogP contribution in [0.1, 0.15) is 5.56 Å². The molecule has 2 atom stereocenters. The van der Waals surface area contributed by atoms with Crippen molar-refractivity contribution in [3.05, 3.63) is 35.9 Å². The second-order valence-corrected chi connectivity index (χ2v) is 7.28. The summed E-state index contributed by atoms with van der Waals surface area (Å²) in [5, 5.41) is 9.65. The van der Waals surface area contributed by atoms with Crippen molar-refractivity contribution in [1.82, 2.24) is 9.80 Å². The first-order valence-corrected chi connectivity index (χ1v) is 8.59. The van der Waals surface area contributed by atoms with E-state index in [1.54, 1.807) is 0 Å². The molecular weight excluding hydrogens is 292 g/mol. The maximum atomic E-state index is 9.65. The summed E-state index contributed by atoms with van der Waals surface area (Å²) in [5.74, 6) is 0. The SMILES string of the molecule is OCC1(CN2CC3OCCN(Cc4ccccc4)C3C2)COC1. The van der Waals surface area contributed by atoms with Crippen LogP contribution >= 0.6 is 0 Å². The van der Waals surface area contributed by atoms with Gasteiger partial charge in [-0.2, -0.15) is 0 Å². The molecule has 23 heavy (non-hydrogen) atoms. The highest BCUT2D eigenvalue weighted by molar-refractivity contribution is 5.15. The van der Waals surface area contributed by atoms with Gasteiger partial charge < -0.3 is 14.6 Å². The summed E-state index contributed by atoms with van der Waals surface area (Å²) >= 11 is 0. The number of aliphatic hydroxyl groups excluding tert-OH is 1. The van der Waals surface area contributed by atoms with E-state index >= 15 is 0 Å². The Hall–Kier alpha value is -0.980. The molecule has 0 bridgehead atoms. The molecule has 1 aromatic rings. The van der Waals surface area contributed by atoms with Crippen molar-refractivity contribution >= 4 is 0 Å². The number of morpholine rings is 1. The van der Waals surface area contributed by atoms with Gasteiger partial charge in [-0.3, -0.25) is 9.80 Å². The van der Waals surface area contributed by atoms with E-state index in [0.717, 1.165) is 39.3 Å². The lowest BCUT2D eigenvalue weighted by Crippen LogP contribution is -2.53. The van der Waals surface area contributed by atoms with Crippen molar-refractivity contribution in [3.8, 4) is 0 Å². The summed E-state index contributed by atoms with van der Waals surface area (Å²) in [4.78, 5) is 5.02. The highest BCUT2D eigenvalue weighted by atomic mass is 16.5. The van der Waals surface area contributed by atoms with Crippen LogP contribution in [0.5, 0.6) is 0 Å². The molecule has 126 valence electrons. The molecule has 3 aliphatic rings. The molecule has 3 aliphatic heterocycles. The molecule has 0 amide bonds. The molecule has 5 heteroatoms. The largest absolute Gasteiger partial charge is 0.396 e. The fourth-order valence-corrected chi connectivity index (χ4v) is 4.08. The average molecular weight is 318 g/mol. The van der Waals surface area contributed by atoms with Crippen LogP contribution in [0.25, 0.3) is 0 Å². The Morgan fingerprint density at radius 1 is 1.17 bits per heavy atom. The fourth-order valence-electron chi connectivity index (χ4n) is 4.08. The average Bonchev–Trinajstić information content (AvgIpc) is 2.95. The molecule has 2 unspecified atom stereocenters. The lowest BCUT2D eigenvalue weighted by Gasteiger charge is -2.42. The smallest absolute Gasteiger partial charge is 0.0870 e. The zero-order valence-electron chi connectivity index (χ0n) is 13.6. The van der Waals surface area contributed by atoms with Crippen LogP contribution in [0.15, 0.2) is 30.3 Å². The lowest BCUT2D eigenvalue weighted by molar-refractivity contribution is -0.147. The van der Waals surface area contributed by atoms with Gasteiger partial charge in [0.1, 0.15) is 0 Å². The van der Waals surface area contributed by atoms with Crippen molar-refractivity contribution in [1.29, 1.82) is 0 Å². The maximum Gasteiger partial charge on any atom is 0.0870 e. The number of rotatable bonds is 5. The van der Waals surface area contributed by atoms with E-state index < -0.39 is 0 Å². The van der Waals surface area contributed by atoms with Crippen LogP contribution in [0.3, 0.4) is 0 Å². The highest BCUT2D eigenvalue weighted by Crippen LogP contribution is 2.31. The fraction of sp³-hybridized carbons (Fsp3) is 0.667. The number of likely N-dealkylation sites (tertiary alicyclic amines) is 1. The van der Waals surface area contributed by atoms with Crippen molar-refractivity contribution in [3.63, 3.8) is 0 Å². The van der Waals surface area contributed by atoms with Crippen LogP contribution < -0.4 is 0 Å². The number of hydrogen-bond donors (Lipinski definition) is 1. The maximum absolute atomic E-state index is 9.65. The number of nitrogens with zero attached hydrogens (tertiary/aromatic N) is 2. The van der Waals surface area contributed by atoms with Crippen molar-refractivity contribution in [2.24, 2.45) is 5.41 Å². The van der Waals surface area contributed by atoms with Crippen LogP contribution in [0.2, 0.25) is 0 Å². The van der Waals surface area contributed by atoms with Gasteiger partial charge in [-0.05, 0) is 5.56 Å². The van der Waals surface area contributed by atoms with E-state index in [1.165, 1.54) is 5.56 Å². The van der Waals surface area contributed by atoms with E-state index in [9.17, 15) is 5.11 Å². The standard InChI is InChI=1S/C18H26N2O3/c21-12-18(13-22-14-18)11-19-9-16-17(10-19)23-7-6-20(16)8-15-4-2-1-3-5-15/h1-5,16-17,21H,6-14H2. The zero-order valence-corrected chi connectivity index (χ0v) is 13.6. The van der Waals surface area contributed by atoms with Gasteiger partial charge in [-0.25, -0.2) is 0 Å². The first-order chi connectivity index (χ1) is 11.3. The first-order valence-electron chi connectivity index (χ1n) is 8.59. The van der Waals surface area contributed by atoms with Crippen molar-refractivity contribution < 1.29 is 14.6 Å². The van der Waals surface area contributed by atoms with Crippen LogP contribution in [0.4, 0.5) is 0 Å². The normalized spacial score (nSPS) is 30.8. The number of benzene rings is 1. The highest BCUT2D eigenvalue weighted by Gasteiger charge is 2.45. The summed E-state index contributed by atoms with van der Waals surface area (Å²) in [6, 6.07) is 11.1. The molecule has 3 heterocycles. The van der Waals surface area contributed by atoms with Crippen LogP contribution in [-0.2, 0) is 16.0 Å². The van der Waals surface area contributed by atoms with Gasteiger partial charge in [0.2, 0.25) is 0 Å². The predicted molar refractivity (Wildman–Crippen MR) is 87.2 cm³/mol. The molecule has 1 aromatic carbocycles. The zero-order chi connectivity index (χ0) is 15.7. The van der Waals surface area contributed by atoms with E-state index in [-0.39, 0.29) is 12.0 Å². The second-order valence-electron chi connectivity index (χ2n) is 7.28. The van der Waals surface area contributed by atoms with Gasteiger partial charge in [-0.15, -0.1) is 0 Å². The minimum absolute atomic E-state index is 0.0439.